The zero-order valence-corrected chi connectivity index (χ0v) is 10.4. The van der Waals surface area contributed by atoms with E-state index in [1.165, 1.54) is 11.1 Å². The largest absolute Gasteiger partial charge is 0.305 e. The van der Waals surface area contributed by atoms with Crippen LogP contribution in [0.3, 0.4) is 0 Å². The Morgan fingerprint density at radius 3 is 2.59 bits per heavy atom. The summed E-state index contributed by atoms with van der Waals surface area (Å²) in [6, 6.07) is 11.1. The van der Waals surface area contributed by atoms with Gasteiger partial charge in [-0.15, -0.1) is 0 Å². The van der Waals surface area contributed by atoms with E-state index in [4.69, 9.17) is 0 Å². The first-order valence-corrected chi connectivity index (χ1v) is 6.10. The summed E-state index contributed by atoms with van der Waals surface area (Å²) in [5, 5.41) is 10.3. The third kappa shape index (κ3) is 3.17. The molecule has 0 amide bonds. The molecule has 90 valence electrons. The van der Waals surface area contributed by atoms with E-state index in [9.17, 15) is 0 Å². The van der Waals surface area contributed by atoms with Crippen LogP contribution in [0.5, 0.6) is 0 Å². The van der Waals surface area contributed by atoms with Crippen LogP contribution < -0.4 is 5.32 Å². The Labute approximate surface area is 102 Å². The van der Waals surface area contributed by atoms with E-state index in [-0.39, 0.29) is 0 Å². The highest BCUT2D eigenvalue weighted by atomic mass is 15.1. The first-order valence-electron chi connectivity index (χ1n) is 6.10. The van der Waals surface area contributed by atoms with Gasteiger partial charge in [0.25, 0.3) is 0 Å². The van der Waals surface area contributed by atoms with E-state index in [1.54, 1.807) is 6.20 Å². The third-order valence-electron chi connectivity index (χ3n) is 3.05. The van der Waals surface area contributed by atoms with Crippen molar-refractivity contribution < 1.29 is 0 Å². The van der Waals surface area contributed by atoms with Gasteiger partial charge in [-0.05, 0) is 30.5 Å². The average molecular weight is 229 g/mol. The Morgan fingerprint density at radius 2 is 2.00 bits per heavy atom. The maximum absolute atomic E-state index is 3.93. The Bertz CT molecular complexity index is 431. The molecule has 3 nitrogen and oxygen atoms in total. The standard InChI is InChI=1S/C14H19N3/c1-3-12-4-6-13(7-5-12)11(2)15-10-14-8-9-16-17-14/h4-9,11,15H,3,10H2,1-2H3,(H,16,17). The average Bonchev–Trinajstić information content (AvgIpc) is 2.89. The van der Waals surface area contributed by atoms with Gasteiger partial charge in [0, 0.05) is 24.5 Å². The van der Waals surface area contributed by atoms with E-state index < -0.39 is 0 Å². The van der Waals surface area contributed by atoms with Crippen LogP contribution in [0.2, 0.25) is 0 Å². The maximum Gasteiger partial charge on any atom is 0.0490 e. The second-order valence-corrected chi connectivity index (χ2v) is 4.28. The molecule has 0 aliphatic carbocycles. The molecule has 1 unspecified atom stereocenters. The van der Waals surface area contributed by atoms with Gasteiger partial charge < -0.3 is 5.32 Å². The van der Waals surface area contributed by atoms with Crippen molar-refractivity contribution in [1.82, 2.24) is 15.5 Å². The van der Waals surface area contributed by atoms with Crippen molar-refractivity contribution in [2.45, 2.75) is 32.9 Å². The Balaban J connectivity index is 1.92. The molecular weight excluding hydrogens is 210 g/mol. The zero-order valence-electron chi connectivity index (χ0n) is 10.4. The zero-order chi connectivity index (χ0) is 12.1. The molecule has 0 aliphatic rings. The Kier molecular flexibility index (Phi) is 3.94. The normalized spacial score (nSPS) is 12.6. The number of hydrogen-bond acceptors (Lipinski definition) is 2. The molecular formula is C14H19N3. The van der Waals surface area contributed by atoms with Crippen molar-refractivity contribution in [3.8, 4) is 0 Å². The molecule has 0 spiro atoms. The monoisotopic (exact) mass is 229 g/mol. The fourth-order valence-electron chi connectivity index (χ4n) is 1.81. The molecule has 1 heterocycles. The van der Waals surface area contributed by atoms with Crippen molar-refractivity contribution in [3.63, 3.8) is 0 Å². The van der Waals surface area contributed by atoms with E-state index >= 15 is 0 Å². The summed E-state index contributed by atoms with van der Waals surface area (Å²) in [7, 11) is 0. The van der Waals surface area contributed by atoms with Crippen molar-refractivity contribution in [1.29, 1.82) is 0 Å². The molecule has 0 saturated heterocycles. The fourth-order valence-corrected chi connectivity index (χ4v) is 1.81. The van der Waals surface area contributed by atoms with Gasteiger partial charge in [-0.1, -0.05) is 31.2 Å². The number of rotatable bonds is 5. The molecule has 1 aromatic heterocycles. The molecule has 2 rings (SSSR count). The predicted molar refractivity (Wildman–Crippen MR) is 69.7 cm³/mol. The highest BCUT2D eigenvalue weighted by Crippen LogP contribution is 2.14. The number of aryl methyl sites for hydroxylation is 1. The second kappa shape index (κ2) is 5.64. The summed E-state index contributed by atoms with van der Waals surface area (Å²) in [6.45, 7) is 5.17. The van der Waals surface area contributed by atoms with Crippen molar-refractivity contribution in [3.05, 3.63) is 53.3 Å². The number of benzene rings is 1. The third-order valence-corrected chi connectivity index (χ3v) is 3.05. The summed E-state index contributed by atoms with van der Waals surface area (Å²) >= 11 is 0. The second-order valence-electron chi connectivity index (χ2n) is 4.28. The Hall–Kier alpha value is -1.61. The SMILES string of the molecule is CCc1ccc(C(C)NCc2ccn[nH]2)cc1. The number of H-pyrrole nitrogens is 1. The van der Waals surface area contributed by atoms with Crippen LogP contribution in [0.15, 0.2) is 36.5 Å². The van der Waals surface area contributed by atoms with Gasteiger partial charge in [-0.25, -0.2) is 0 Å². The van der Waals surface area contributed by atoms with Crippen LogP contribution in [0.25, 0.3) is 0 Å². The summed E-state index contributed by atoms with van der Waals surface area (Å²) < 4.78 is 0. The number of nitrogens with one attached hydrogen (secondary N) is 2. The first kappa shape index (κ1) is 11.9. The fraction of sp³-hybridized carbons (Fsp3) is 0.357. The van der Waals surface area contributed by atoms with Crippen LogP contribution >= 0.6 is 0 Å². The lowest BCUT2D eigenvalue weighted by Gasteiger charge is -2.13. The number of aromatic nitrogens is 2. The molecule has 2 aromatic rings. The van der Waals surface area contributed by atoms with Crippen molar-refractivity contribution in [2.75, 3.05) is 0 Å². The van der Waals surface area contributed by atoms with Crippen molar-refractivity contribution in [2.24, 2.45) is 0 Å². The summed E-state index contributed by atoms with van der Waals surface area (Å²) in [6.07, 6.45) is 2.87. The lowest BCUT2D eigenvalue weighted by Crippen LogP contribution is -2.18. The van der Waals surface area contributed by atoms with Crippen LogP contribution in [-0.4, -0.2) is 10.2 Å². The minimum absolute atomic E-state index is 0.351. The van der Waals surface area contributed by atoms with Crippen molar-refractivity contribution >= 4 is 0 Å². The highest BCUT2D eigenvalue weighted by Gasteiger charge is 2.04. The van der Waals surface area contributed by atoms with Crippen LogP contribution in [0.4, 0.5) is 0 Å². The Morgan fingerprint density at radius 1 is 1.24 bits per heavy atom. The molecule has 1 aromatic carbocycles. The first-order chi connectivity index (χ1) is 8.29. The van der Waals surface area contributed by atoms with E-state index in [2.05, 4.69) is 53.6 Å². The predicted octanol–water partition coefficient (Wildman–Crippen LogP) is 2.82. The summed E-state index contributed by atoms with van der Waals surface area (Å²) in [5.74, 6) is 0. The highest BCUT2D eigenvalue weighted by molar-refractivity contribution is 5.24. The van der Waals surface area contributed by atoms with Gasteiger partial charge in [0.2, 0.25) is 0 Å². The molecule has 0 saturated carbocycles. The summed E-state index contributed by atoms with van der Waals surface area (Å²) in [5.41, 5.74) is 3.82. The molecule has 0 bridgehead atoms. The molecule has 3 heteroatoms. The quantitative estimate of drug-likeness (QED) is 0.827. The molecule has 17 heavy (non-hydrogen) atoms. The molecule has 0 fully saturated rings. The topological polar surface area (TPSA) is 40.7 Å². The van der Waals surface area contributed by atoms with Gasteiger partial charge >= 0.3 is 0 Å². The van der Waals surface area contributed by atoms with Gasteiger partial charge in [0.15, 0.2) is 0 Å². The minimum atomic E-state index is 0.351. The smallest absolute Gasteiger partial charge is 0.0490 e. The van der Waals surface area contributed by atoms with E-state index in [0.29, 0.717) is 6.04 Å². The van der Waals surface area contributed by atoms with Gasteiger partial charge in [-0.3, -0.25) is 5.10 Å². The van der Waals surface area contributed by atoms with Gasteiger partial charge in [0.05, 0.1) is 0 Å². The minimum Gasteiger partial charge on any atom is -0.305 e. The number of hydrogen-bond donors (Lipinski definition) is 2. The van der Waals surface area contributed by atoms with E-state index in [1.807, 2.05) is 6.07 Å². The number of aromatic amines is 1. The summed E-state index contributed by atoms with van der Waals surface area (Å²) in [4.78, 5) is 0. The lowest BCUT2D eigenvalue weighted by molar-refractivity contribution is 0.567. The van der Waals surface area contributed by atoms with Gasteiger partial charge in [0.1, 0.15) is 0 Å². The molecule has 0 aliphatic heterocycles. The van der Waals surface area contributed by atoms with Crippen LogP contribution in [0.1, 0.15) is 36.7 Å². The van der Waals surface area contributed by atoms with Crippen LogP contribution in [-0.2, 0) is 13.0 Å². The molecule has 0 radical (unpaired) electrons. The number of nitrogens with zero attached hydrogens (tertiary/aromatic N) is 1. The van der Waals surface area contributed by atoms with Gasteiger partial charge in [-0.2, -0.15) is 5.10 Å². The molecule has 2 N–H and O–H groups in total. The lowest BCUT2D eigenvalue weighted by atomic mass is 10.1. The molecule has 1 atom stereocenters. The van der Waals surface area contributed by atoms with E-state index in [0.717, 1.165) is 18.7 Å². The van der Waals surface area contributed by atoms with Crippen LogP contribution in [0, 0.1) is 0 Å². The maximum atomic E-state index is 3.93.